The number of anilines is 2. The van der Waals surface area contributed by atoms with Gasteiger partial charge in [-0.2, -0.15) is 0 Å². The molecule has 0 bridgehead atoms. The van der Waals surface area contributed by atoms with Gasteiger partial charge in [0.15, 0.2) is 0 Å². The second-order valence-corrected chi connectivity index (χ2v) is 6.05. The largest absolute Gasteiger partial charge is 0.374 e. The lowest BCUT2D eigenvalue weighted by Gasteiger charge is -2.30. The average molecular weight is 323 g/mol. The summed E-state index contributed by atoms with van der Waals surface area (Å²) in [6.45, 7) is 4.73. The summed E-state index contributed by atoms with van der Waals surface area (Å²) < 4.78 is 0. The van der Waals surface area contributed by atoms with Crippen LogP contribution in [0.4, 0.5) is 11.4 Å². The number of carbonyl (C=O) groups excluding carboxylic acids is 2. The highest BCUT2D eigenvalue weighted by atomic mass is 16.2. The van der Waals surface area contributed by atoms with Crippen molar-refractivity contribution < 1.29 is 9.59 Å². The topological polar surface area (TPSA) is 61.4 Å². The molecule has 0 unspecified atom stereocenters. The summed E-state index contributed by atoms with van der Waals surface area (Å²) in [4.78, 5) is 26.1. The molecule has 1 heterocycles. The Bertz CT molecular complexity index is 772. The first-order chi connectivity index (χ1) is 11.5. The summed E-state index contributed by atoms with van der Waals surface area (Å²) in [5, 5.41) is 5.99. The normalized spacial score (nSPS) is 13.2. The summed E-state index contributed by atoms with van der Waals surface area (Å²) in [7, 11) is 0. The number of nitrogens with one attached hydrogen (secondary N) is 2. The zero-order valence-corrected chi connectivity index (χ0v) is 13.9. The lowest BCUT2D eigenvalue weighted by Crippen LogP contribution is -2.45. The molecule has 0 aliphatic carbocycles. The van der Waals surface area contributed by atoms with Crippen LogP contribution in [0, 0.1) is 13.8 Å². The third kappa shape index (κ3) is 3.40. The number of hydrogen-bond donors (Lipinski definition) is 2. The van der Waals surface area contributed by atoms with Crippen LogP contribution >= 0.6 is 0 Å². The molecular formula is C19H21N3O2. The number of rotatable bonds is 4. The van der Waals surface area contributed by atoms with Crippen LogP contribution in [0.15, 0.2) is 42.5 Å². The van der Waals surface area contributed by atoms with Crippen LogP contribution in [0.3, 0.4) is 0 Å². The van der Waals surface area contributed by atoms with E-state index in [1.54, 1.807) is 4.90 Å². The lowest BCUT2D eigenvalue weighted by atomic mass is 10.1. The van der Waals surface area contributed by atoms with Crippen LogP contribution in [0.5, 0.6) is 0 Å². The lowest BCUT2D eigenvalue weighted by molar-refractivity contribution is -0.123. The Morgan fingerprint density at radius 3 is 2.62 bits per heavy atom. The van der Waals surface area contributed by atoms with Crippen LogP contribution in [-0.2, 0) is 16.1 Å². The first-order valence-electron chi connectivity index (χ1n) is 8.00. The zero-order valence-electron chi connectivity index (χ0n) is 13.9. The second kappa shape index (κ2) is 6.74. The molecule has 0 saturated heterocycles. The molecule has 0 fully saturated rings. The highest BCUT2D eigenvalue weighted by Gasteiger charge is 2.26. The Morgan fingerprint density at radius 1 is 1.17 bits per heavy atom. The summed E-state index contributed by atoms with van der Waals surface area (Å²) in [6.07, 6.45) is 0. The highest BCUT2D eigenvalue weighted by molar-refractivity contribution is 6.06. The molecule has 2 aromatic carbocycles. The Morgan fingerprint density at radius 2 is 1.88 bits per heavy atom. The van der Waals surface area contributed by atoms with Crippen molar-refractivity contribution in [1.82, 2.24) is 5.32 Å². The van der Waals surface area contributed by atoms with Gasteiger partial charge in [-0.15, -0.1) is 0 Å². The molecule has 124 valence electrons. The SMILES string of the molecule is Cc1cc2c(cc1C)N(CC(=O)NCc1ccccc1)C(=O)CN2. The zero-order chi connectivity index (χ0) is 17.1. The number of carbonyl (C=O) groups is 2. The van der Waals surface area contributed by atoms with Gasteiger partial charge < -0.3 is 10.6 Å². The molecule has 1 aliphatic heterocycles. The molecule has 24 heavy (non-hydrogen) atoms. The van der Waals surface area contributed by atoms with E-state index in [-0.39, 0.29) is 24.9 Å². The number of nitrogens with zero attached hydrogens (tertiary/aromatic N) is 1. The van der Waals surface area contributed by atoms with Crippen molar-refractivity contribution in [2.45, 2.75) is 20.4 Å². The van der Waals surface area contributed by atoms with Crippen LogP contribution in [0.25, 0.3) is 0 Å². The molecular weight excluding hydrogens is 302 g/mol. The molecule has 5 heteroatoms. The van der Waals surface area contributed by atoms with E-state index in [0.29, 0.717) is 6.54 Å². The van der Waals surface area contributed by atoms with Gasteiger partial charge in [-0.1, -0.05) is 30.3 Å². The van der Waals surface area contributed by atoms with Crippen LogP contribution in [0.1, 0.15) is 16.7 Å². The van der Waals surface area contributed by atoms with Gasteiger partial charge >= 0.3 is 0 Å². The first kappa shape index (κ1) is 16.1. The highest BCUT2D eigenvalue weighted by Crippen LogP contribution is 2.32. The predicted octanol–water partition coefficient (Wildman–Crippen LogP) is 2.38. The van der Waals surface area contributed by atoms with Crippen LogP contribution in [-0.4, -0.2) is 24.9 Å². The van der Waals surface area contributed by atoms with Crippen LogP contribution < -0.4 is 15.5 Å². The summed E-state index contributed by atoms with van der Waals surface area (Å²) in [5.41, 5.74) is 4.95. The van der Waals surface area contributed by atoms with Gasteiger partial charge in [0.1, 0.15) is 6.54 Å². The Hall–Kier alpha value is -2.82. The Balaban J connectivity index is 1.71. The van der Waals surface area contributed by atoms with E-state index in [1.165, 1.54) is 0 Å². The monoisotopic (exact) mass is 323 g/mol. The van der Waals surface area contributed by atoms with Crippen molar-refractivity contribution in [1.29, 1.82) is 0 Å². The molecule has 0 spiro atoms. The Kier molecular flexibility index (Phi) is 4.51. The van der Waals surface area contributed by atoms with E-state index in [4.69, 9.17) is 0 Å². The van der Waals surface area contributed by atoms with Crippen LogP contribution in [0.2, 0.25) is 0 Å². The molecule has 1 aliphatic rings. The summed E-state index contributed by atoms with van der Waals surface area (Å²) in [5.74, 6) is -0.265. The maximum absolute atomic E-state index is 12.3. The number of aryl methyl sites for hydroxylation is 2. The maximum atomic E-state index is 12.3. The Labute approximate surface area is 141 Å². The molecule has 3 rings (SSSR count). The van der Waals surface area contributed by atoms with Gasteiger partial charge in [0, 0.05) is 6.54 Å². The van der Waals surface area contributed by atoms with E-state index < -0.39 is 0 Å². The maximum Gasteiger partial charge on any atom is 0.246 e. The summed E-state index contributed by atoms with van der Waals surface area (Å²) in [6, 6.07) is 13.7. The van der Waals surface area contributed by atoms with Gasteiger partial charge in [-0.3, -0.25) is 14.5 Å². The minimum absolute atomic E-state index is 0.0306. The van der Waals surface area contributed by atoms with Crippen molar-refractivity contribution in [3.8, 4) is 0 Å². The predicted molar refractivity (Wildman–Crippen MR) is 95.0 cm³/mol. The molecule has 2 aromatic rings. The minimum Gasteiger partial charge on any atom is -0.374 e. The minimum atomic E-state index is -0.168. The van der Waals surface area contributed by atoms with Gasteiger partial charge in [0.2, 0.25) is 11.8 Å². The van der Waals surface area contributed by atoms with E-state index in [9.17, 15) is 9.59 Å². The van der Waals surface area contributed by atoms with Gasteiger partial charge in [-0.05, 0) is 42.7 Å². The van der Waals surface area contributed by atoms with E-state index >= 15 is 0 Å². The van der Waals surface area contributed by atoms with E-state index in [0.717, 1.165) is 28.1 Å². The molecule has 2 N–H and O–H groups in total. The van der Waals surface area contributed by atoms with Crippen molar-refractivity contribution >= 4 is 23.2 Å². The van der Waals surface area contributed by atoms with Crippen molar-refractivity contribution in [3.63, 3.8) is 0 Å². The standard InChI is InChI=1S/C19H21N3O2/c1-13-8-16-17(9-14(13)2)22(19(24)11-20-16)12-18(23)21-10-15-6-4-3-5-7-15/h3-9,20H,10-12H2,1-2H3,(H,21,23). The average Bonchev–Trinajstić information content (AvgIpc) is 2.58. The third-order valence-electron chi connectivity index (χ3n) is 4.27. The molecule has 0 aromatic heterocycles. The third-order valence-corrected chi connectivity index (χ3v) is 4.27. The van der Waals surface area contributed by atoms with Gasteiger partial charge in [0.05, 0.1) is 17.9 Å². The fraction of sp³-hybridized carbons (Fsp3) is 0.263. The molecule has 0 atom stereocenters. The number of hydrogen-bond acceptors (Lipinski definition) is 3. The number of benzene rings is 2. The van der Waals surface area contributed by atoms with E-state index in [1.807, 2.05) is 56.3 Å². The molecule has 5 nitrogen and oxygen atoms in total. The van der Waals surface area contributed by atoms with Crippen molar-refractivity contribution in [2.75, 3.05) is 23.3 Å². The number of fused-ring (bicyclic) bond motifs is 1. The van der Waals surface area contributed by atoms with E-state index in [2.05, 4.69) is 10.6 Å². The second-order valence-electron chi connectivity index (χ2n) is 6.05. The first-order valence-corrected chi connectivity index (χ1v) is 8.00. The molecule has 2 amide bonds. The van der Waals surface area contributed by atoms with Crippen molar-refractivity contribution in [3.05, 3.63) is 59.2 Å². The smallest absolute Gasteiger partial charge is 0.246 e. The quantitative estimate of drug-likeness (QED) is 0.908. The summed E-state index contributed by atoms with van der Waals surface area (Å²) >= 11 is 0. The van der Waals surface area contributed by atoms with Gasteiger partial charge in [0.25, 0.3) is 0 Å². The number of amides is 2. The fourth-order valence-corrected chi connectivity index (χ4v) is 2.74. The fourth-order valence-electron chi connectivity index (χ4n) is 2.74. The molecule has 0 saturated carbocycles. The van der Waals surface area contributed by atoms with Gasteiger partial charge in [-0.25, -0.2) is 0 Å². The molecule has 0 radical (unpaired) electrons. The van der Waals surface area contributed by atoms with Crippen molar-refractivity contribution in [2.24, 2.45) is 0 Å².